The predicted octanol–water partition coefficient (Wildman–Crippen LogP) is 4.47. The molecule has 0 unspecified atom stereocenters. The molecule has 30 heavy (non-hydrogen) atoms. The first-order chi connectivity index (χ1) is 14.6. The molecule has 0 aliphatic rings. The molecule has 1 aromatic heterocycles. The van der Waals surface area contributed by atoms with Crippen LogP contribution < -0.4 is 10.2 Å². The van der Waals surface area contributed by atoms with Gasteiger partial charge in [0, 0.05) is 10.0 Å². The fraction of sp³-hybridized carbons (Fsp3) is 0.0455. The zero-order valence-corrected chi connectivity index (χ0v) is 17.5. The van der Waals surface area contributed by atoms with Crippen LogP contribution in [0.4, 0.5) is 0 Å². The van der Waals surface area contributed by atoms with Crippen molar-refractivity contribution in [3.63, 3.8) is 0 Å². The van der Waals surface area contributed by atoms with E-state index in [1.54, 1.807) is 25.3 Å². The fourth-order valence-electron chi connectivity index (χ4n) is 3.10. The van der Waals surface area contributed by atoms with Crippen molar-refractivity contribution in [2.75, 3.05) is 7.11 Å². The summed E-state index contributed by atoms with van der Waals surface area (Å²) in [5.41, 5.74) is 4.53. The van der Waals surface area contributed by atoms with E-state index in [1.165, 1.54) is 12.3 Å². The van der Waals surface area contributed by atoms with Gasteiger partial charge in [-0.25, -0.2) is 5.43 Å². The van der Waals surface area contributed by atoms with Gasteiger partial charge >= 0.3 is 0 Å². The van der Waals surface area contributed by atoms with Crippen molar-refractivity contribution in [3.8, 4) is 22.8 Å². The third kappa shape index (κ3) is 3.90. The van der Waals surface area contributed by atoms with Crippen LogP contribution in [0.3, 0.4) is 0 Å². The van der Waals surface area contributed by atoms with Crippen molar-refractivity contribution in [1.82, 2.24) is 15.6 Å². The summed E-state index contributed by atoms with van der Waals surface area (Å²) in [5, 5.41) is 22.8. The Morgan fingerprint density at radius 2 is 2.03 bits per heavy atom. The van der Waals surface area contributed by atoms with Gasteiger partial charge in [-0.2, -0.15) is 10.2 Å². The van der Waals surface area contributed by atoms with Gasteiger partial charge in [0.1, 0.15) is 17.2 Å². The normalized spacial score (nSPS) is 11.1. The second-order valence-electron chi connectivity index (χ2n) is 6.43. The van der Waals surface area contributed by atoms with Gasteiger partial charge in [0.05, 0.1) is 24.6 Å². The molecule has 0 bridgehead atoms. The molecule has 0 saturated carbocycles. The van der Waals surface area contributed by atoms with Crippen molar-refractivity contribution in [3.05, 3.63) is 76.4 Å². The van der Waals surface area contributed by atoms with Crippen LogP contribution in [0.2, 0.25) is 0 Å². The first kappa shape index (κ1) is 19.7. The molecule has 0 spiro atoms. The van der Waals surface area contributed by atoms with Crippen LogP contribution in [0.1, 0.15) is 16.1 Å². The lowest BCUT2D eigenvalue weighted by molar-refractivity contribution is 0.0950. The van der Waals surface area contributed by atoms with Crippen LogP contribution in [-0.2, 0) is 0 Å². The molecule has 0 fully saturated rings. The maximum absolute atomic E-state index is 12.5. The molecule has 0 radical (unpaired) electrons. The number of hydrazone groups is 1. The predicted molar refractivity (Wildman–Crippen MR) is 119 cm³/mol. The number of hydrogen-bond donors (Lipinski definition) is 3. The van der Waals surface area contributed by atoms with Crippen LogP contribution in [0.15, 0.2) is 70.2 Å². The number of fused-ring (bicyclic) bond motifs is 1. The summed E-state index contributed by atoms with van der Waals surface area (Å²) in [7, 11) is 1.60. The lowest BCUT2D eigenvalue weighted by atomic mass is 10.0. The minimum Gasteiger partial charge on any atom is -0.507 e. The van der Waals surface area contributed by atoms with E-state index in [0.717, 1.165) is 20.8 Å². The Hall–Kier alpha value is -3.65. The number of phenols is 1. The molecule has 3 N–H and O–H groups in total. The smallest absolute Gasteiger partial charge is 0.289 e. The third-order valence-corrected chi connectivity index (χ3v) is 5.04. The lowest BCUT2D eigenvalue weighted by Gasteiger charge is -2.09. The SMILES string of the molecule is COc1ccc2ccccc2c1-c1cc(C(=O)N/N=C/c2cc(Br)ccc2O)[nH]n1. The first-order valence-electron chi connectivity index (χ1n) is 9.00. The van der Waals surface area contributed by atoms with E-state index in [1.807, 2.05) is 36.4 Å². The van der Waals surface area contributed by atoms with E-state index in [-0.39, 0.29) is 11.4 Å². The number of ether oxygens (including phenoxy) is 1. The fourth-order valence-corrected chi connectivity index (χ4v) is 3.48. The zero-order valence-electron chi connectivity index (χ0n) is 15.9. The molecule has 1 amide bonds. The van der Waals surface area contributed by atoms with E-state index in [2.05, 4.69) is 36.7 Å². The van der Waals surface area contributed by atoms with Crippen LogP contribution in [-0.4, -0.2) is 34.5 Å². The van der Waals surface area contributed by atoms with Gasteiger partial charge in [0.25, 0.3) is 5.91 Å². The van der Waals surface area contributed by atoms with Crippen molar-refractivity contribution in [2.24, 2.45) is 5.10 Å². The van der Waals surface area contributed by atoms with E-state index >= 15 is 0 Å². The second-order valence-corrected chi connectivity index (χ2v) is 7.35. The summed E-state index contributed by atoms with van der Waals surface area (Å²) in [4.78, 5) is 12.5. The number of benzene rings is 3. The number of aromatic amines is 1. The number of carbonyl (C=O) groups is 1. The number of methoxy groups -OCH3 is 1. The highest BCUT2D eigenvalue weighted by atomic mass is 79.9. The van der Waals surface area contributed by atoms with Gasteiger partial charge in [-0.3, -0.25) is 9.89 Å². The number of nitrogens with zero attached hydrogens (tertiary/aromatic N) is 2. The van der Waals surface area contributed by atoms with Crippen molar-refractivity contribution in [2.45, 2.75) is 0 Å². The molecule has 8 heteroatoms. The molecule has 1 heterocycles. The van der Waals surface area contributed by atoms with Crippen molar-refractivity contribution < 1.29 is 14.6 Å². The van der Waals surface area contributed by atoms with Gasteiger partial charge in [0.2, 0.25) is 0 Å². The molecule has 0 saturated heterocycles. The first-order valence-corrected chi connectivity index (χ1v) is 9.79. The lowest BCUT2D eigenvalue weighted by Crippen LogP contribution is -2.18. The molecule has 0 aliphatic heterocycles. The molecule has 3 aromatic carbocycles. The van der Waals surface area contributed by atoms with Crippen molar-refractivity contribution >= 4 is 38.8 Å². The molecular weight excluding hydrogens is 448 g/mol. The third-order valence-electron chi connectivity index (χ3n) is 4.55. The maximum atomic E-state index is 12.5. The monoisotopic (exact) mass is 464 g/mol. The molecule has 0 aliphatic carbocycles. The van der Waals surface area contributed by atoms with Crippen LogP contribution in [0.25, 0.3) is 22.0 Å². The van der Waals surface area contributed by atoms with Crippen LogP contribution in [0.5, 0.6) is 11.5 Å². The molecule has 0 atom stereocenters. The molecule has 7 nitrogen and oxygen atoms in total. The molecule has 4 aromatic rings. The Kier molecular flexibility index (Phi) is 5.49. The summed E-state index contributed by atoms with van der Waals surface area (Å²) in [5.74, 6) is 0.261. The number of H-pyrrole nitrogens is 1. The van der Waals surface area contributed by atoms with E-state index in [0.29, 0.717) is 17.0 Å². The minimum absolute atomic E-state index is 0.0584. The Bertz CT molecular complexity index is 1270. The van der Waals surface area contributed by atoms with Gasteiger partial charge in [-0.15, -0.1) is 0 Å². The van der Waals surface area contributed by atoms with E-state index in [4.69, 9.17) is 4.74 Å². The number of aromatic hydroxyl groups is 1. The summed E-state index contributed by atoms with van der Waals surface area (Å²) >= 11 is 3.32. The molecular formula is C22H17BrN4O3. The number of rotatable bonds is 5. The van der Waals surface area contributed by atoms with Crippen LogP contribution >= 0.6 is 15.9 Å². The summed E-state index contributed by atoms with van der Waals surface area (Å²) in [6.45, 7) is 0. The number of carbonyl (C=O) groups excluding carboxylic acids is 1. The average Bonchev–Trinajstić information content (AvgIpc) is 3.25. The minimum atomic E-state index is -0.460. The zero-order chi connectivity index (χ0) is 21.1. The van der Waals surface area contributed by atoms with E-state index < -0.39 is 5.91 Å². The van der Waals surface area contributed by atoms with Crippen molar-refractivity contribution in [1.29, 1.82) is 0 Å². The number of phenolic OH excluding ortho intramolecular Hbond substituents is 1. The number of nitrogens with one attached hydrogen (secondary N) is 2. The molecule has 4 rings (SSSR count). The van der Waals surface area contributed by atoms with Crippen LogP contribution in [0, 0.1) is 0 Å². The van der Waals surface area contributed by atoms with Gasteiger partial charge in [-0.05, 0) is 41.1 Å². The Morgan fingerprint density at radius 3 is 2.87 bits per heavy atom. The Balaban J connectivity index is 1.59. The number of hydrogen-bond acceptors (Lipinski definition) is 5. The summed E-state index contributed by atoms with van der Waals surface area (Å²) < 4.78 is 6.29. The van der Waals surface area contributed by atoms with Gasteiger partial charge < -0.3 is 9.84 Å². The standard InChI is InChI=1S/C22H17BrN4O3/c1-30-20-9-6-13-4-2-3-5-16(13)21(20)17-11-18(26-25-17)22(29)27-24-12-14-10-15(23)7-8-19(14)28/h2-12,28H,1H3,(H,25,26)(H,27,29)/b24-12+. The van der Waals surface area contributed by atoms with E-state index in [9.17, 15) is 9.90 Å². The topological polar surface area (TPSA) is 99.6 Å². The Morgan fingerprint density at radius 1 is 1.20 bits per heavy atom. The van der Waals surface area contributed by atoms with Gasteiger partial charge in [-0.1, -0.05) is 46.3 Å². The highest BCUT2D eigenvalue weighted by Crippen LogP contribution is 2.36. The summed E-state index contributed by atoms with van der Waals surface area (Å²) in [6.07, 6.45) is 1.36. The van der Waals surface area contributed by atoms with Gasteiger partial charge in [0.15, 0.2) is 0 Å². The quantitative estimate of drug-likeness (QED) is 0.299. The highest BCUT2D eigenvalue weighted by Gasteiger charge is 2.16. The molecule has 150 valence electrons. The number of aromatic nitrogens is 2. The number of halogens is 1. The maximum Gasteiger partial charge on any atom is 0.289 e. The average molecular weight is 465 g/mol. The summed E-state index contributed by atoms with van der Waals surface area (Å²) in [6, 6.07) is 18.3. The number of amides is 1. The largest absolute Gasteiger partial charge is 0.507 e. The Labute approximate surface area is 180 Å². The second kappa shape index (κ2) is 8.38. The highest BCUT2D eigenvalue weighted by molar-refractivity contribution is 9.10.